The molecule has 2 amide bonds. The first-order chi connectivity index (χ1) is 16.1. The third-order valence-corrected chi connectivity index (χ3v) is 4.49. The summed E-state index contributed by atoms with van der Waals surface area (Å²) in [7, 11) is 1.52. The molecule has 2 aromatic rings. The average Bonchev–Trinajstić information content (AvgIpc) is 2.76. The van der Waals surface area contributed by atoms with Crippen LogP contribution in [0.25, 0.3) is 0 Å². The van der Waals surface area contributed by atoms with Gasteiger partial charge in [-0.15, -0.1) is 0 Å². The van der Waals surface area contributed by atoms with Crippen LogP contribution in [0.5, 0.6) is 0 Å². The van der Waals surface area contributed by atoms with Gasteiger partial charge in [0.25, 0.3) is 5.91 Å². The number of amides is 2. The molecule has 12 heteroatoms. The van der Waals surface area contributed by atoms with Crippen LogP contribution in [0.4, 0.5) is 5.69 Å². The van der Waals surface area contributed by atoms with Gasteiger partial charge in [0.1, 0.15) is 0 Å². The average molecular weight is 507 g/mol. The molecule has 0 aliphatic heterocycles. The summed E-state index contributed by atoms with van der Waals surface area (Å²) < 4.78 is 0. The quantitative estimate of drug-likeness (QED) is 0.270. The standard InChI is InChI=1S/C20H21Cl2N5O4.C2H3N/c1-24-20(23)26-15-4-2-3-11(7-15)19(31)25-10-17(28)27-16(9-18(29)30)12-5-13(21)8-14(22)6-12;1-2-3/h2-8,16H,9-10H2,1H3,(H,25,31)(H,27,28)(H,29,30)(H3,23,24,26);1H3. The number of hydrogen-bond donors (Lipinski definition) is 5. The van der Waals surface area contributed by atoms with E-state index in [1.807, 2.05) is 0 Å². The Morgan fingerprint density at radius 2 is 1.79 bits per heavy atom. The fourth-order valence-electron chi connectivity index (χ4n) is 2.65. The molecular formula is C22H24Cl2N6O4. The van der Waals surface area contributed by atoms with Gasteiger partial charge in [-0.3, -0.25) is 19.4 Å². The molecular weight excluding hydrogens is 483 g/mol. The van der Waals surface area contributed by atoms with Crippen LogP contribution in [0.1, 0.15) is 35.3 Å². The number of hydrogen-bond acceptors (Lipinski definition) is 5. The molecule has 0 bridgehead atoms. The summed E-state index contributed by atoms with van der Waals surface area (Å²) in [6, 6.07) is 11.9. The van der Waals surface area contributed by atoms with Gasteiger partial charge in [0.2, 0.25) is 5.91 Å². The lowest BCUT2D eigenvalue weighted by atomic mass is 10.0. The van der Waals surface area contributed by atoms with E-state index in [9.17, 15) is 14.4 Å². The molecule has 6 N–H and O–H groups in total. The number of carboxylic acid groups (broad SMARTS) is 1. The third kappa shape index (κ3) is 10.2. The molecule has 0 aromatic heterocycles. The van der Waals surface area contributed by atoms with Crippen LogP contribution >= 0.6 is 23.2 Å². The van der Waals surface area contributed by atoms with E-state index in [1.54, 1.807) is 30.3 Å². The molecule has 2 rings (SSSR count). The topological polar surface area (TPSA) is 170 Å². The van der Waals surface area contributed by atoms with Crippen molar-refractivity contribution in [1.29, 1.82) is 5.26 Å². The van der Waals surface area contributed by atoms with Crippen molar-refractivity contribution in [3.63, 3.8) is 0 Å². The predicted molar refractivity (Wildman–Crippen MR) is 131 cm³/mol. The van der Waals surface area contributed by atoms with Crippen molar-refractivity contribution in [2.45, 2.75) is 19.4 Å². The minimum absolute atomic E-state index is 0.183. The van der Waals surface area contributed by atoms with E-state index in [0.29, 0.717) is 26.9 Å². The number of nitrogens with zero attached hydrogens (tertiary/aromatic N) is 2. The molecule has 0 spiro atoms. The molecule has 2 aromatic carbocycles. The number of anilines is 1. The summed E-state index contributed by atoms with van der Waals surface area (Å²) in [6.07, 6.45) is -0.384. The number of aliphatic carboxylic acids is 1. The first-order valence-electron chi connectivity index (χ1n) is 9.75. The molecule has 1 atom stereocenters. The fraction of sp³-hybridized carbons (Fsp3) is 0.227. The molecule has 34 heavy (non-hydrogen) atoms. The Kier molecular flexibility index (Phi) is 11.9. The molecule has 1 unspecified atom stereocenters. The number of nitrogens with one attached hydrogen (secondary N) is 3. The van der Waals surface area contributed by atoms with E-state index >= 15 is 0 Å². The number of rotatable bonds is 8. The van der Waals surface area contributed by atoms with E-state index < -0.39 is 23.8 Å². The Bertz CT molecular complexity index is 1080. The first-order valence-corrected chi connectivity index (χ1v) is 10.5. The van der Waals surface area contributed by atoms with Crippen molar-refractivity contribution >= 4 is 52.6 Å². The Morgan fingerprint density at radius 3 is 2.35 bits per heavy atom. The monoisotopic (exact) mass is 506 g/mol. The van der Waals surface area contributed by atoms with Crippen molar-refractivity contribution in [3.8, 4) is 6.07 Å². The van der Waals surface area contributed by atoms with Crippen LogP contribution in [0.2, 0.25) is 10.0 Å². The highest BCUT2D eigenvalue weighted by Crippen LogP contribution is 2.25. The summed E-state index contributed by atoms with van der Waals surface area (Å²) >= 11 is 11.9. The first kappa shape index (κ1) is 28.2. The van der Waals surface area contributed by atoms with Crippen molar-refractivity contribution in [2.75, 3.05) is 18.9 Å². The number of guanidine groups is 1. The lowest BCUT2D eigenvalue weighted by Crippen LogP contribution is -2.39. The minimum atomic E-state index is -1.12. The van der Waals surface area contributed by atoms with Crippen molar-refractivity contribution in [1.82, 2.24) is 10.6 Å². The van der Waals surface area contributed by atoms with Gasteiger partial charge in [0.05, 0.1) is 25.1 Å². The van der Waals surface area contributed by atoms with Crippen LogP contribution in [-0.2, 0) is 9.59 Å². The Morgan fingerprint density at radius 1 is 1.18 bits per heavy atom. The van der Waals surface area contributed by atoms with Crippen molar-refractivity contribution in [2.24, 2.45) is 10.7 Å². The number of carbonyl (C=O) groups excluding carboxylic acids is 2. The van der Waals surface area contributed by atoms with Gasteiger partial charge >= 0.3 is 5.97 Å². The molecule has 0 heterocycles. The fourth-order valence-corrected chi connectivity index (χ4v) is 3.20. The molecule has 0 saturated heterocycles. The molecule has 0 aliphatic rings. The second kappa shape index (κ2) is 14.4. The second-order valence-electron chi connectivity index (χ2n) is 6.64. The summed E-state index contributed by atoms with van der Waals surface area (Å²) in [5.74, 6) is -2.01. The van der Waals surface area contributed by atoms with Crippen molar-refractivity contribution < 1.29 is 19.5 Å². The van der Waals surface area contributed by atoms with Crippen molar-refractivity contribution in [3.05, 3.63) is 63.6 Å². The van der Waals surface area contributed by atoms with Gasteiger partial charge in [0, 0.05) is 35.3 Å². The van der Waals surface area contributed by atoms with E-state index in [0.717, 1.165) is 0 Å². The van der Waals surface area contributed by atoms with Crippen LogP contribution in [0, 0.1) is 11.3 Å². The number of nitrogens with two attached hydrogens (primary N) is 1. The zero-order chi connectivity index (χ0) is 25.7. The lowest BCUT2D eigenvalue weighted by molar-refractivity contribution is -0.137. The normalized spacial score (nSPS) is 11.2. The maximum absolute atomic E-state index is 12.4. The summed E-state index contributed by atoms with van der Waals surface area (Å²) in [6.45, 7) is 1.07. The Hall–Kier alpha value is -3.81. The van der Waals surface area contributed by atoms with Gasteiger partial charge in [0.15, 0.2) is 5.96 Å². The van der Waals surface area contributed by atoms with Crippen LogP contribution in [0.15, 0.2) is 47.5 Å². The van der Waals surface area contributed by atoms with Gasteiger partial charge in [-0.1, -0.05) is 29.3 Å². The van der Waals surface area contributed by atoms with Crippen LogP contribution < -0.4 is 21.7 Å². The maximum Gasteiger partial charge on any atom is 0.305 e. The lowest BCUT2D eigenvalue weighted by Gasteiger charge is -2.18. The summed E-state index contributed by atoms with van der Waals surface area (Å²) in [5.41, 5.74) is 6.89. The number of carbonyl (C=O) groups is 3. The molecule has 0 aliphatic carbocycles. The molecule has 180 valence electrons. The predicted octanol–water partition coefficient (Wildman–Crippen LogP) is 2.94. The highest BCUT2D eigenvalue weighted by Gasteiger charge is 2.20. The second-order valence-corrected chi connectivity index (χ2v) is 7.51. The number of halogens is 2. The zero-order valence-electron chi connectivity index (χ0n) is 18.4. The van der Waals surface area contributed by atoms with E-state index in [-0.39, 0.29) is 18.9 Å². The Balaban J connectivity index is 0.00000182. The maximum atomic E-state index is 12.4. The van der Waals surface area contributed by atoms with Gasteiger partial charge in [-0.25, -0.2) is 0 Å². The third-order valence-electron chi connectivity index (χ3n) is 4.05. The minimum Gasteiger partial charge on any atom is -0.481 e. The molecule has 10 nitrogen and oxygen atoms in total. The Labute approximate surface area is 206 Å². The van der Waals surface area contributed by atoms with Gasteiger partial charge in [-0.2, -0.15) is 5.26 Å². The van der Waals surface area contributed by atoms with Gasteiger partial charge < -0.3 is 26.8 Å². The SMILES string of the molecule is CC#N.CN=C(N)Nc1cccc(C(=O)NCC(=O)NC(CC(=O)O)c2cc(Cl)cc(Cl)c2)c1. The summed E-state index contributed by atoms with van der Waals surface area (Å²) in [5, 5.41) is 25.0. The van der Waals surface area contributed by atoms with E-state index in [1.165, 1.54) is 32.2 Å². The van der Waals surface area contributed by atoms with E-state index in [4.69, 9.17) is 39.3 Å². The number of benzene rings is 2. The van der Waals surface area contributed by atoms with Gasteiger partial charge in [-0.05, 0) is 42.0 Å². The highest BCUT2D eigenvalue weighted by molar-refractivity contribution is 6.34. The smallest absolute Gasteiger partial charge is 0.305 e. The molecule has 0 saturated carbocycles. The number of nitriles is 1. The number of carboxylic acids is 1. The van der Waals surface area contributed by atoms with Crippen LogP contribution in [0.3, 0.4) is 0 Å². The zero-order valence-corrected chi connectivity index (χ0v) is 19.9. The van der Waals surface area contributed by atoms with Crippen LogP contribution in [-0.4, -0.2) is 42.4 Å². The highest BCUT2D eigenvalue weighted by atomic mass is 35.5. The largest absolute Gasteiger partial charge is 0.481 e. The number of aliphatic imine (C=N–C) groups is 1. The molecule has 0 fully saturated rings. The molecule has 0 radical (unpaired) electrons. The van der Waals surface area contributed by atoms with E-state index in [2.05, 4.69) is 20.9 Å². The summed E-state index contributed by atoms with van der Waals surface area (Å²) in [4.78, 5) is 39.7.